The summed E-state index contributed by atoms with van der Waals surface area (Å²) in [6, 6.07) is 4.58. The van der Waals surface area contributed by atoms with Crippen LogP contribution < -0.4 is 5.32 Å². The average Bonchev–Trinajstić information content (AvgIpc) is 3.19. The van der Waals surface area contributed by atoms with E-state index >= 15 is 0 Å². The average molecular weight is 307 g/mol. The molecule has 2 saturated heterocycles. The number of hydrogen-bond donors (Lipinski definition) is 1. The second-order valence-electron chi connectivity index (χ2n) is 5.97. The molecule has 116 valence electrons. The molecule has 1 aromatic rings. The van der Waals surface area contributed by atoms with Gasteiger partial charge in [0.25, 0.3) is 0 Å². The van der Waals surface area contributed by atoms with Crippen molar-refractivity contribution in [2.24, 2.45) is 0 Å². The highest BCUT2D eigenvalue weighted by Gasteiger charge is 2.29. The second-order valence-corrected chi connectivity index (χ2v) is 7.22. The molecule has 4 nitrogen and oxygen atoms in total. The van der Waals surface area contributed by atoms with Gasteiger partial charge in [0, 0.05) is 42.5 Å². The maximum atomic E-state index is 12.4. The maximum Gasteiger partial charge on any atom is 0.239 e. The van der Waals surface area contributed by atoms with Crippen LogP contribution in [-0.2, 0) is 17.8 Å². The molecule has 0 spiro atoms. The van der Waals surface area contributed by atoms with E-state index in [1.165, 1.54) is 9.75 Å². The van der Waals surface area contributed by atoms with E-state index in [0.29, 0.717) is 5.91 Å². The molecule has 1 aromatic heterocycles. The predicted octanol–water partition coefficient (Wildman–Crippen LogP) is 1.71. The third kappa shape index (κ3) is 3.65. The zero-order chi connectivity index (χ0) is 14.7. The zero-order valence-corrected chi connectivity index (χ0v) is 13.6. The van der Waals surface area contributed by atoms with Crippen molar-refractivity contribution in [1.82, 2.24) is 15.1 Å². The van der Waals surface area contributed by atoms with E-state index in [2.05, 4.69) is 29.3 Å². The van der Waals surface area contributed by atoms with E-state index in [0.717, 1.165) is 58.5 Å². The zero-order valence-electron chi connectivity index (χ0n) is 12.8. The lowest BCUT2D eigenvalue weighted by molar-refractivity contribution is -0.134. The van der Waals surface area contributed by atoms with E-state index in [-0.39, 0.29) is 6.04 Å². The Labute approximate surface area is 131 Å². The van der Waals surface area contributed by atoms with Gasteiger partial charge in [-0.3, -0.25) is 9.69 Å². The number of piperazine rings is 1. The SMILES string of the molecule is CCc1ccc(CN2CCN(C(=O)C3CCCN3)CC2)s1. The van der Waals surface area contributed by atoms with Crippen molar-refractivity contribution in [1.29, 1.82) is 0 Å². The van der Waals surface area contributed by atoms with Crippen molar-refractivity contribution in [3.8, 4) is 0 Å². The Bertz CT molecular complexity index is 474. The second kappa shape index (κ2) is 6.90. The van der Waals surface area contributed by atoms with Crippen LogP contribution in [0.3, 0.4) is 0 Å². The quantitative estimate of drug-likeness (QED) is 0.920. The van der Waals surface area contributed by atoms with E-state index < -0.39 is 0 Å². The van der Waals surface area contributed by atoms with Gasteiger partial charge < -0.3 is 10.2 Å². The highest BCUT2D eigenvalue weighted by molar-refractivity contribution is 7.11. The number of aryl methyl sites for hydroxylation is 1. The molecule has 1 atom stereocenters. The number of nitrogens with one attached hydrogen (secondary N) is 1. The Balaban J connectivity index is 1.47. The van der Waals surface area contributed by atoms with Crippen LogP contribution in [0.4, 0.5) is 0 Å². The number of thiophene rings is 1. The highest BCUT2D eigenvalue weighted by atomic mass is 32.1. The van der Waals surface area contributed by atoms with Crippen molar-refractivity contribution < 1.29 is 4.79 Å². The number of rotatable bonds is 4. The fourth-order valence-corrected chi connectivity index (χ4v) is 4.16. The van der Waals surface area contributed by atoms with Crippen LogP contribution in [-0.4, -0.2) is 54.5 Å². The molecule has 0 aromatic carbocycles. The monoisotopic (exact) mass is 307 g/mol. The predicted molar refractivity (Wildman–Crippen MR) is 86.6 cm³/mol. The fourth-order valence-electron chi connectivity index (χ4n) is 3.16. The molecule has 2 aliphatic heterocycles. The van der Waals surface area contributed by atoms with Crippen LogP contribution in [0.15, 0.2) is 12.1 Å². The van der Waals surface area contributed by atoms with Gasteiger partial charge in [0.1, 0.15) is 0 Å². The lowest BCUT2D eigenvalue weighted by atomic mass is 10.2. The van der Waals surface area contributed by atoms with Crippen LogP contribution in [0, 0.1) is 0 Å². The molecule has 0 radical (unpaired) electrons. The molecule has 3 rings (SSSR count). The van der Waals surface area contributed by atoms with Crippen molar-refractivity contribution in [2.75, 3.05) is 32.7 Å². The minimum atomic E-state index is 0.0842. The van der Waals surface area contributed by atoms with Crippen molar-refractivity contribution in [2.45, 2.75) is 38.8 Å². The first-order chi connectivity index (χ1) is 10.3. The van der Waals surface area contributed by atoms with Gasteiger partial charge in [-0.15, -0.1) is 11.3 Å². The molecule has 5 heteroatoms. The first kappa shape index (κ1) is 15.0. The molecule has 0 aliphatic carbocycles. The van der Waals surface area contributed by atoms with Crippen LogP contribution in [0.25, 0.3) is 0 Å². The Morgan fingerprint density at radius 1 is 1.29 bits per heavy atom. The van der Waals surface area contributed by atoms with Crippen LogP contribution in [0.2, 0.25) is 0 Å². The Hall–Kier alpha value is -0.910. The summed E-state index contributed by atoms with van der Waals surface area (Å²) in [4.78, 5) is 19.8. The topological polar surface area (TPSA) is 35.6 Å². The highest BCUT2D eigenvalue weighted by Crippen LogP contribution is 2.20. The number of carbonyl (C=O) groups excluding carboxylic acids is 1. The number of amides is 1. The Kier molecular flexibility index (Phi) is 4.93. The molecule has 21 heavy (non-hydrogen) atoms. The molecule has 3 heterocycles. The van der Waals surface area contributed by atoms with E-state index in [1.807, 2.05) is 16.2 Å². The molecule has 0 saturated carbocycles. The lowest BCUT2D eigenvalue weighted by Gasteiger charge is -2.35. The summed E-state index contributed by atoms with van der Waals surface area (Å²) in [6.07, 6.45) is 3.27. The molecule has 0 bridgehead atoms. The molecule has 1 unspecified atom stereocenters. The third-order valence-corrected chi connectivity index (χ3v) is 5.70. The van der Waals surface area contributed by atoms with Crippen LogP contribution >= 0.6 is 11.3 Å². The van der Waals surface area contributed by atoms with Gasteiger partial charge in [-0.05, 0) is 37.9 Å². The summed E-state index contributed by atoms with van der Waals surface area (Å²) in [5.74, 6) is 0.316. The van der Waals surface area contributed by atoms with Crippen molar-refractivity contribution in [3.05, 3.63) is 21.9 Å². The first-order valence-electron chi connectivity index (χ1n) is 8.08. The minimum Gasteiger partial charge on any atom is -0.339 e. The fraction of sp³-hybridized carbons (Fsp3) is 0.688. The minimum absolute atomic E-state index is 0.0842. The lowest BCUT2D eigenvalue weighted by Crippen LogP contribution is -2.52. The smallest absolute Gasteiger partial charge is 0.239 e. The molecule has 1 amide bonds. The van der Waals surface area contributed by atoms with Gasteiger partial charge >= 0.3 is 0 Å². The van der Waals surface area contributed by atoms with Crippen molar-refractivity contribution >= 4 is 17.2 Å². The van der Waals surface area contributed by atoms with Crippen molar-refractivity contribution in [3.63, 3.8) is 0 Å². The molecular weight excluding hydrogens is 282 g/mol. The summed E-state index contributed by atoms with van der Waals surface area (Å²) < 4.78 is 0. The molecule has 2 aliphatic rings. The van der Waals surface area contributed by atoms with Gasteiger partial charge in [-0.25, -0.2) is 0 Å². The maximum absolute atomic E-state index is 12.4. The van der Waals surface area contributed by atoms with Gasteiger partial charge in [-0.1, -0.05) is 6.92 Å². The summed E-state index contributed by atoms with van der Waals surface area (Å²) in [7, 11) is 0. The molecular formula is C16H25N3OS. The van der Waals surface area contributed by atoms with Gasteiger partial charge in [-0.2, -0.15) is 0 Å². The summed E-state index contributed by atoms with van der Waals surface area (Å²) in [5, 5.41) is 3.31. The number of hydrogen-bond acceptors (Lipinski definition) is 4. The first-order valence-corrected chi connectivity index (χ1v) is 8.90. The Morgan fingerprint density at radius 3 is 2.67 bits per heavy atom. The van der Waals surface area contributed by atoms with E-state index in [4.69, 9.17) is 0 Å². The molecule has 1 N–H and O–H groups in total. The largest absolute Gasteiger partial charge is 0.339 e. The van der Waals surface area contributed by atoms with E-state index in [1.54, 1.807) is 0 Å². The van der Waals surface area contributed by atoms with Gasteiger partial charge in [0.05, 0.1) is 6.04 Å². The standard InChI is InChI=1S/C16H25N3OS/c1-2-13-5-6-14(21-13)12-18-8-10-19(11-9-18)16(20)15-4-3-7-17-15/h5-6,15,17H,2-4,7-12H2,1H3. The van der Waals surface area contributed by atoms with Gasteiger partial charge in [0.2, 0.25) is 5.91 Å². The summed E-state index contributed by atoms with van der Waals surface area (Å²) in [6.45, 7) is 7.99. The summed E-state index contributed by atoms with van der Waals surface area (Å²) >= 11 is 1.92. The normalized spacial score (nSPS) is 23.7. The van der Waals surface area contributed by atoms with Crippen LogP contribution in [0.1, 0.15) is 29.5 Å². The van der Waals surface area contributed by atoms with Gasteiger partial charge in [0.15, 0.2) is 0 Å². The number of nitrogens with zero attached hydrogens (tertiary/aromatic N) is 2. The van der Waals surface area contributed by atoms with Crippen LogP contribution in [0.5, 0.6) is 0 Å². The Morgan fingerprint density at radius 2 is 2.05 bits per heavy atom. The number of carbonyl (C=O) groups is 1. The van der Waals surface area contributed by atoms with E-state index in [9.17, 15) is 4.79 Å². The molecule has 2 fully saturated rings. The third-order valence-electron chi connectivity index (χ3n) is 4.49. The summed E-state index contributed by atoms with van der Waals surface area (Å²) in [5.41, 5.74) is 0.